The fourth-order valence-corrected chi connectivity index (χ4v) is 4.33. The average Bonchev–Trinajstić information content (AvgIpc) is 2.34. The van der Waals surface area contributed by atoms with Crippen LogP contribution in [-0.4, -0.2) is 14.5 Å². The van der Waals surface area contributed by atoms with Crippen molar-refractivity contribution >= 4 is 15.7 Å². The van der Waals surface area contributed by atoms with Gasteiger partial charge in [0.2, 0.25) is 10.0 Å². The molecule has 0 aliphatic carbocycles. The molecule has 1 atom stereocenters. The van der Waals surface area contributed by atoms with Gasteiger partial charge in [0.1, 0.15) is 0 Å². The molecule has 0 saturated heterocycles. The van der Waals surface area contributed by atoms with E-state index in [1.54, 1.807) is 26.0 Å². The first-order chi connectivity index (χ1) is 9.22. The zero-order valence-corrected chi connectivity index (χ0v) is 13.6. The van der Waals surface area contributed by atoms with E-state index >= 15 is 0 Å². The summed E-state index contributed by atoms with van der Waals surface area (Å²) >= 11 is 0. The summed E-state index contributed by atoms with van der Waals surface area (Å²) in [6.07, 6.45) is 0.761. The molecule has 20 heavy (non-hydrogen) atoms. The maximum Gasteiger partial charge on any atom is 0.241 e. The zero-order valence-electron chi connectivity index (χ0n) is 12.8. The fraction of sp³-hybridized carbons (Fsp3) is 0.571. The predicted molar refractivity (Wildman–Crippen MR) is 83.0 cm³/mol. The van der Waals surface area contributed by atoms with Gasteiger partial charge < -0.3 is 5.43 Å². The van der Waals surface area contributed by atoms with Crippen LogP contribution < -0.4 is 16.0 Å². The lowest BCUT2D eigenvalue weighted by Crippen LogP contribution is -2.38. The second kappa shape index (κ2) is 6.56. The Balaban J connectivity index is 3.22. The van der Waals surface area contributed by atoms with Gasteiger partial charge in [-0.05, 0) is 49.4 Å². The van der Waals surface area contributed by atoms with Gasteiger partial charge in [0, 0.05) is 11.7 Å². The highest BCUT2D eigenvalue weighted by molar-refractivity contribution is 7.89. The number of hydrogen-bond donors (Lipinski definition) is 3. The number of aryl methyl sites for hydroxylation is 2. The van der Waals surface area contributed by atoms with Crippen LogP contribution in [0.1, 0.15) is 38.3 Å². The third-order valence-corrected chi connectivity index (χ3v) is 5.24. The molecule has 0 aliphatic rings. The van der Waals surface area contributed by atoms with Crippen molar-refractivity contribution in [1.29, 1.82) is 0 Å². The van der Waals surface area contributed by atoms with Crippen molar-refractivity contribution in [2.24, 2.45) is 11.8 Å². The summed E-state index contributed by atoms with van der Waals surface area (Å²) in [5.74, 6) is 5.62. The Morgan fingerprint density at radius 1 is 1.20 bits per heavy atom. The molecule has 0 amide bonds. The van der Waals surface area contributed by atoms with Gasteiger partial charge in [0.15, 0.2) is 0 Å². The molecule has 5 nitrogen and oxygen atoms in total. The molecule has 0 saturated carbocycles. The van der Waals surface area contributed by atoms with Gasteiger partial charge in [-0.2, -0.15) is 0 Å². The van der Waals surface area contributed by atoms with Crippen molar-refractivity contribution in [3.63, 3.8) is 0 Å². The van der Waals surface area contributed by atoms with Crippen LogP contribution in [-0.2, 0) is 10.0 Å². The first kappa shape index (κ1) is 16.9. The summed E-state index contributed by atoms with van der Waals surface area (Å²) in [6.45, 7) is 9.56. The Hall–Kier alpha value is -1.11. The van der Waals surface area contributed by atoms with E-state index in [2.05, 4.69) is 10.1 Å². The van der Waals surface area contributed by atoms with E-state index < -0.39 is 10.0 Å². The standard InChI is InChI=1S/C14H25N3O2S/c1-6-13(9(2)3)17-20(18,19)14-10(4)7-12(16-15)8-11(14)5/h7-9,13,16-17H,6,15H2,1-5H3. The Morgan fingerprint density at radius 3 is 2.05 bits per heavy atom. The molecule has 6 heteroatoms. The van der Waals surface area contributed by atoms with Crippen LogP contribution in [0.25, 0.3) is 0 Å². The smallest absolute Gasteiger partial charge is 0.241 e. The van der Waals surface area contributed by atoms with E-state index in [0.717, 1.165) is 6.42 Å². The molecule has 1 aromatic rings. The number of hydrogen-bond acceptors (Lipinski definition) is 4. The number of nitrogens with one attached hydrogen (secondary N) is 2. The van der Waals surface area contributed by atoms with Crippen LogP contribution >= 0.6 is 0 Å². The van der Waals surface area contributed by atoms with E-state index in [1.807, 2.05) is 20.8 Å². The lowest BCUT2D eigenvalue weighted by molar-refractivity contribution is 0.437. The highest BCUT2D eigenvalue weighted by atomic mass is 32.2. The van der Waals surface area contributed by atoms with Crippen LogP contribution in [0.3, 0.4) is 0 Å². The topological polar surface area (TPSA) is 84.2 Å². The monoisotopic (exact) mass is 299 g/mol. The molecule has 4 N–H and O–H groups in total. The van der Waals surface area contributed by atoms with Crippen LogP contribution in [0, 0.1) is 19.8 Å². The van der Waals surface area contributed by atoms with E-state index in [4.69, 9.17) is 5.84 Å². The molecule has 0 spiro atoms. The molecule has 1 unspecified atom stereocenters. The number of nitrogen functional groups attached to an aromatic ring is 1. The summed E-state index contributed by atoms with van der Waals surface area (Å²) in [7, 11) is -3.52. The molecule has 114 valence electrons. The van der Waals surface area contributed by atoms with Crippen LogP contribution in [0.4, 0.5) is 5.69 Å². The molecule has 1 rings (SSSR count). The Kier molecular flexibility index (Phi) is 5.56. The zero-order chi connectivity index (χ0) is 15.5. The first-order valence-corrected chi connectivity index (χ1v) is 8.31. The summed E-state index contributed by atoms with van der Waals surface area (Å²) in [4.78, 5) is 0.343. The SMILES string of the molecule is CCC(NS(=O)(=O)c1c(C)cc(NN)cc1C)C(C)C. The highest BCUT2D eigenvalue weighted by Crippen LogP contribution is 2.25. The molecule has 0 bridgehead atoms. The molecule has 0 heterocycles. The van der Waals surface area contributed by atoms with Gasteiger partial charge in [-0.3, -0.25) is 5.84 Å². The van der Waals surface area contributed by atoms with Crippen LogP contribution in [0.15, 0.2) is 17.0 Å². The van der Waals surface area contributed by atoms with Crippen LogP contribution in [0.2, 0.25) is 0 Å². The number of benzene rings is 1. The maximum atomic E-state index is 12.6. The molecular formula is C14H25N3O2S. The molecular weight excluding hydrogens is 274 g/mol. The third-order valence-electron chi connectivity index (χ3n) is 3.45. The lowest BCUT2D eigenvalue weighted by Gasteiger charge is -2.22. The Bertz CT molecular complexity index is 545. The summed E-state index contributed by atoms with van der Waals surface area (Å²) < 4.78 is 28.0. The molecule has 0 aromatic heterocycles. The average molecular weight is 299 g/mol. The molecule has 1 aromatic carbocycles. The quantitative estimate of drug-likeness (QED) is 0.556. The van der Waals surface area contributed by atoms with Gasteiger partial charge >= 0.3 is 0 Å². The molecule has 0 fully saturated rings. The minimum Gasteiger partial charge on any atom is -0.324 e. The normalized spacial score (nSPS) is 13.6. The second-order valence-corrected chi connectivity index (χ2v) is 7.11. The van der Waals surface area contributed by atoms with Gasteiger partial charge in [-0.15, -0.1) is 0 Å². The minimum atomic E-state index is -3.52. The highest BCUT2D eigenvalue weighted by Gasteiger charge is 2.24. The van der Waals surface area contributed by atoms with Crippen LogP contribution in [0.5, 0.6) is 0 Å². The van der Waals surface area contributed by atoms with Gasteiger partial charge in [0.25, 0.3) is 0 Å². The largest absolute Gasteiger partial charge is 0.324 e. The van der Waals surface area contributed by atoms with Crippen molar-refractivity contribution in [1.82, 2.24) is 4.72 Å². The Morgan fingerprint density at radius 2 is 1.70 bits per heavy atom. The van der Waals surface area contributed by atoms with E-state index in [-0.39, 0.29) is 12.0 Å². The summed E-state index contributed by atoms with van der Waals surface area (Å²) in [5, 5.41) is 0. The number of rotatable bonds is 6. The van der Waals surface area contributed by atoms with Crippen molar-refractivity contribution in [3.8, 4) is 0 Å². The van der Waals surface area contributed by atoms with E-state index in [0.29, 0.717) is 21.7 Å². The number of anilines is 1. The number of sulfonamides is 1. The molecule has 0 radical (unpaired) electrons. The minimum absolute atomic E-state index is 0.0638. The van der Waals surface area contributed by atoms with Gasteiger partial charge in [-0.1, -0.05) is 20.8 Å². The number of nitrogens with two attached hydrogens (primary N) is 1. The van der Waals surface area contributed by atoms with E-state index in [1.165, 1.54) is 0 Å². The van der Waals surface area contributed by atoms with E-state index in [9.17, 15) is 8.42 Å². The van der Waals surface area contributed by atoms with Crippen molar-refractivity contribution < 1.29 is 8.42 Å². The van der Waals surface area contributed by atoms with Gasteiger partial charge in [0.05, 0.1) is 4.90 Å². The van der Waals surface area contributed by atoms with Gasteiger partial charge in [-0.25, -0.2) is 13.1 Å². The first-order valence-electron chi connectivity index (χ1n) is 6.83. The maximum absolute atomic E-state index is 12.6. The van der Waals surface area contributed by atoms with Crippen molar-refractivity contribution in [2.45, 2.75) is 52.0 Å². The lowest BCUT2D eigenvalue weighted by atomic mass is 10.0. The second-order valence-electron chi connectivity index (χ2n) is 5.46. The number of hydrazine groups is 1. The van der Waals surface area contributed by atoms with Crippen molar-refractivity contribution in [2.75, 3.05) is 5.43 Å². The summed E-state index contributed by atoms with van der Waals surface area (Å²) in [6, 6.07) is 3.40. The third kappa shape index (κ3) is 3.71. The fourth-order valence-electron chi connectivity index (χ4n) is 2.41. The molecule has 0 aliphatic heterocycles. The van der Waals surface area contributed by atoms with Crippen molar-refractivity contribution in [3.05, 3.63) is 23.3 Å². The Labute approximate surface area is 122 Å². The predicted octanol–water partition coefficient (Wildman–Crippen LogP) is 2.30. The summed E-state index contributed by atoms with van der Waals surface area (Å²) in [5.41, 5.74) is 4.61.